The standard InChI is InChI=1S/C26H26F3NO2S.C15H15F3NOP/c1-15-24-22(21-9-10-33-14-18(21)12-23(24)25(31)32-15)8-7-20-6-5-17(13-30-20)16-3-2-4-19(11-16)26(27,28)29;1-21(2,20)10-14-7-6-12(9-19-14)11-4-3-5-13(8-11)15(16,17)18/h2-8,11,13,15,18,21-24H,9-10,12,14H2,1H3;3-9H,10H2,1-2H3/b8-7+;/t15-,18-,21-,22+,23-,24+;/m1./s1. The average molecular weight is 787 g/mol. The Balaban J connectivity index is 0.000000205. The van der Waals surface area contributed by atoms with Gasteiger partial charge in [0.05, 0.1) is 29.9 Å². The van der Waals surface area contributed by atoms with Crippen molar-refractivity contribution >= 4 is 30.9 Å². The summed E-state index contributed by atoms with van der Waals surface area (Å²) in [5, 5.41) is 0. The maximum atomic E-state index is 13.0. The monoisotopic (exact) mass is 786 g/mol. The zero-order chi connectivity index (χ0) is 38.8. The lowest BCUT2D eigenvalue weighted by Gasteiger charge is -2.45. The number of rotatable bonds is 6. The lowest BCUT2D eigenvalue weighted by Crippen LogP contribution is -2.44. The molecule has 3 fully saturated rings. The first-order valence-corrected chi connectivity index (χ1v) is 21.7. The Morgan fingerprint density at radius 2 is 1.46 bits per heavy atom. The first-order chi connectivity index (χ1) is 25.5. The van der Waals surface area contributed by atoms with Gasteiger partial charge in [-0.05, 0) is 116 Å². The highest BCUT2D eigenvalue weighted by molar-refractivity contribution is 7.99. The van der Waals surface area contributed by atoms with E-state index in [4.69, 9.17) is 4.74 Å². The van der Waals surface area contributed by atoms with Crippen LogP contribution in [0.25, 0.3) is 28.3 Å². The lowest BCUT2D eigenvalue weighted by molar-refractivity contribution is -0.144. The number of nitrogens with zero attached hydrogens (tertiary/aromatic N) is 2. The molecule has 7 rings (SSSR count). The van der Waals surface area contributed by atoms with Crippen LogP contribution in [0.15, 0.2) is 91.3 Å². The number of benzene rings is 2. The number of halogens is 6. The van der Waals surface area contributed by atoms with Gasteiger partial charge in [0.15, 0.2) is 0 Å². The molecule has 5 nitrogen and oxygen atoms in total. The van der Waals surface area contributed by atoms with Gasteiger partial charge in [0.2, 0.25) is 0 Å². The summed E-state index contributed by atoms with van der Waals surface area (Å²) >= 11 is 1.98. The molecule has 2 saturated heterocycles. The Kier molecular flexibility index (Phi) is 11.8. The molecule has 1 aliphatic carbocycles. The minimum atomic E-state index is -4.37. The van der Waals surface area contributed by atoms with Crippen molar-refractivity contribution in [2.75, 3.05) is 24.8 Å². The van der Waals surface area contributed by atoms with E-state index in [1.807, 2.05) is 30.8 Å². The van der Waals surface area contributed by atoms with E-state index in [-0.39, 0.29) is 29.8 Å². The van der Waals surface area contributed by atoms with Crippen molar-refractivity contribution in [1.29, 1.82) is 0 Å². The fraction of sp³-hybridized carbons (Fsp3) is 0.390. The van der Waals surface area contributed by atoms with Gasteiger partial charge in [-0.2, -0.15) is 38.1 Å². The predicted octanol–water partition coefficient (Wildman–Crippen LogP) is 11.2. The van der Waals surface area contributed by atoms with Crippen molar-refractivity contribution < 1.29 is 40.4 Å². The van der Waals surface area contributed by atoms with E-state index in [1.165, 1.54) is 18.3 Å². The number of esters is 1. The van der Waals surface area contributed by atoms with Crippen molar-refractivity contribution in [3.8, 4) is 22.3 Å². The molecule has 0 spiro atoms. The molecule has 13 heteroatoms. The van der Waals surface area contributed by atoms with Crippen molar-refractivity contribution in [3.63, 3.8) is 0 Å². The second-order valence-electron chi connectivity index (χ2n) is 14.7. The molecule has 2 aromatic carbocycles. The number of allylic oxidation sites excluding steroid dienone is 1. The van der Waals surface area contributed by atoms with E-state index in [0.29, 0.717) is 45.9 Å². The summed E-state index contributed by atoms with van der Waals surface area (Å²) in [6.45, 7) is 5.36. The number of cyclic esters (lactones) is 1. The van der Waals surface area contributed by atoms with Crippen LogP contribution in [0.5, 0.6) is 0 Å². The molecule has 6 atom stereocenters. The largest absolute Gasteiger partial charge is 0.462 e. The number of hydrogen-bond donors (Lipinski definition) is 0. The van der Waals surface area contributed by atoms with Gasteiger partial charge in [-0.15, -0.1) is 0 Å². The summed E-state index contributed by atoms with van der Waals surface area (Å²) in [5.74, 6) is 3.72. The summed E-state index contributed by atoms with van der Waals surface area (Å²) in [7, 11) is -2.22. The molecule has 54 heavy (non-hydrogen) atoms. The lowest BCUT2D eigenvalue weighted by atomic mass is 9.60. The van der Waals surface area contributed by atoms with Crippen molar-refractivity contribution in [3.05, 3.63) is 114 Å². The van der Waals surface area contributed by atoms with Crippen LogP contribution in [0.4, 0.5) is 26.3 Å². The summed E-state index contributed by atoms with van der Waals surface area (Å²) < 4.78 is 94.5. The molecule has 0 N–H and O–H groups in total. The Hall–Kier alpha value is -3.89. The molecular weight excluding hydrogens is 745 g/mol. The van der Waals surface area contributed by atoms with Gasteiger partial charge in [-0.1, -0.05) is 42.5 Å². The highest BCUT2D eigenvalue weighted by Gasteiger charge is 2.53. The number of carbonyl (C=O) groups is 1. The predicted molar refractivity (Wildman–Crippen MR) is 201 cm³/mol. The third kappa shape index (κ3) is 9.66. The molecule has 0 unspecified atom stereocenters. The van der Waals surface area contributed by atoms with E-state index >= 15 is 0 Å². The molecule has 2 aromatic heterocycles. The van der Waals surface area contributed by atoms with Crippen molar-refractivity contribution in [2.45, 2.75) is 44.4 Å². The molecule has 1 saturated carbocycles. The Morgan fingerprint density at radius 1 is 0.852 bits per heavy atom. The first-order valence-electron chi connectivity index (χ1n) is 17.7. The number of ether oxygens (including phenoxy) is 1. The number of thioether (sulfide) groups is 1. The van der Waals surface area contributed by atoms with E-state index in [0.717, 1.165) is 54.3 Å². The van der Waals surface area contributed by atoms with Crippen LogP contribution in [-0.4, -0.2) is 46.9 Å². The number of fused-ring (bicyclic) bond motifs is 2. The van der Waals surface area contributed by atoms with Gasteiger partial charge in [-0.25, -0.2) is 0 Å². The van der Waals surface area contributed by atoms with Crippen LogP contribution in [0.1, 0.15) is 42.3 Å². The van der Waals surface area contributed by atoms with E-state index < -0.39 is 30.6 Å². The van der Waals surface area contributed by atoms with Crippen molar-refractivity contribution in [2.24, 2.45) is 29.6 Å². The van der Waals surface area contributed by atoms with Gasteiger partial charge in [0.25, 0.3) is 0 Å². The average Bonchev–Trinajstić information content (AvgIpc) is 3.41. The van der Waals surface area contributed by atoms with Crippen LogP contribution in [0, 0.1) is 29.6 Å². The smallest absolute Gasteiger partial charge is 0.416 e. The molecule has 3 aliphatic rings. The zero-order valence-electron chi connectivity index (χ0n) is 30.0. The van der Waals surface area contributed by atoms with Gasteiger partial charge in [0, 0.05) is 41.3 Å². The molecule has 286 valence electrons. The maximum absolute atomic E-state index is 13.0. The number of carbonyl (C=O) groups excluding carboxylic acids is 1. The van der Waals surface area contributed by atoms with Crippen LogP contribution >= 0.6 is 18.9 Å². The minimum Gasteiger partial charge on any atom is -0.462 e. The Morgan fingerprint density at radius 3 is 2.00 bits per heavy atom. The molecule has 4 heterocycles. The summed E-state index contributed by atoms with van der Waals surface area (Å²) in [6.07, 6.45) is 0.981. The van der Waals surface area contributed by atoms with Gasteiger partial charge in [0.1, 0.15) is 6.10 Å². The number of pyridine rings is 2. The Bertz CT molecular complexity index is 2010. The van der Waals surface area contributed by atoms with E-state index in [1.54, 1.807) is 49.9 Å². The molecule has 0 radical (unpaired) electrons. The van der Waals surface area contributed by atoms with Crippen LogP contribution in [0.2, 0.25) is 0 Å². The third-order valence-corrected chi connectivity index (χ3v) is 12.6. The number of alkyl halides is 6. The number of aromatic nitrogens is 2. The summed E-state index contributed by atoms with van der Waals surface area (Å²) in [4.78, 5) is 21.1. The van der Waals surface area contributed by atoms with Crippen LogP contribution in [0.3, 0.4) is 0 Å². The highest BCUT2D eigenvalue weighted by Crippen LogP contribution is 2.53. The quantitative estimate of drug-likeness (QED) is 0.110. The van der Waals surface area contributed by atoms with Gasteiger partial charge in [-0.3, -0.25) is 14.8 Å². The van der Waals surface area contributed by atoms with Crippen LogP contribution < -0.4 is 0 Å². The summed E-state index contributed by atoms with van der Waals surface area (Å²) in [6, 6.07) is 17.4. The van der Waals surface area contributed by atoms with Gasteiger partial charge >= 0.3 is 18.3 Å². The van der Waals surface area contributed by atoms with Gasteiger partial charge < -0.3 is 9.30 Å². The molecule has 4 aromatic rings. The topological polar surface area (TPSA) is 69.2 Å². The fourth-order valence-corrected chi connectivity index (χ4v) is 10.1. The minimum absolute atomic E-state index is 0.0224. The second-order valence-corrected chi connectivity index (χ2v) is 19.3. The molecule has 0 amide bonds. The van der Waals surface area contributed by atoms with Crippen molar-refractivity contribution in [1.82, 2.24) is 9.97 Å². The summed E-state index contributed by atoms with van der Waals surface area (Å²) in [5.41, 5.74) is 2.28. The zero-order valence-corrected chi connectivity index (χ0v) is 31.7. The Labute approximate surface area is 315 Å². The van der Waals surface area contributed by atoms with E-state index in [9.17, 15) is 35.7 Å². The molecule has 2 aliphatic heterocycles. The molecular formula is C41H41F6N2O3PS. The van der Waals surface area contributed by atoms with Crippen LogP contribution in [-0.2, 0) is 32.6 Å². The van der Waals surface area contributed by atoms with E-state index in [2.05, 4.69) is 16.0 Å². The second kappa shape index (κ2) is 16.1. The fourth-order valence-electron chi connectivity index (χ4n) is 7.83. The maximum Gasteiger partial charge on any atom is 0.416 e. The molecule has 0 bridgehead atoms. The third-order valence-electron chi connectivity index (χ3n) is 10.3. The SMILES string of the molecule is CP(C)(=O)Cc1ccc(-c2cccc(C(F)(F)F)c2)cn1.C[C@H]1OC(=O)[C@@H]2C[C@@H]3CSCC[C@H]3[C@H](/C=C/c3ccc(-c4cccc(C(F)(F)F)c4)cn3)[C@H]12. The highest BCUT2D eigenvalue weighted by atomic mass is 32.2. The first kappa shape index (κ1) is 39.8. The normalized spacial score (nSPS) is 24.3. The number of hydrogen-bond acceptors (Lipinski definition) is 6.